The summed E-state index contributed by atoms with van der Waals surface area (Å²) < 4.78 is 1.52. The number of fused-ring (bicyclic) bond motifs is 1. The zero-order valence-electron chi connectivity index (χ0n) is 12.0. The molecule has 0 atom stereocenters. The predicted molar refractivity (Wildman–Crippen MR) is 84.4 cm³/mol. The van der Waals surface area contributed by atoms with Crippen LogP contribution < -0.4 is 5.43 Å². The molecule has 0 aliphatic rings. The Balaban J connectivity index is 1.61. The van der Waals surface area contributed by atoms with Crippen LogP contribution in [0.15, 0.2) is 53.6 Å². The van der Waals surface area contributed by atoms with Crippen molar-refractivity contribution in [3.63, 3.8) is 0 Å². The number of aromatic nitrogens is 3. The zero-order chi connectivity index (χ0) is 16.1. The normalized spacial score (nSPS) is 10.7. The van der Waals surface area contributed by atoms with Crippen LogP contribution in [0.25, 0.3) is 11.0 Å². The van der Waals surface area contributed by atoms with Crippen LogP contribution in [0.2, 0.25) is 0 Å². The van der Waals surface area contributed by atoms with Gasteiger partial charge in [-0.05, 0) is 29.8 Å². The molecule has 1 N–H and O–H groups in total. The van der Waals surface area contributed by atoms with Crippen LogP contribution in [0, 0.1) is 11.3 Å². The van der Waals surface area contributed by atoms with Crippen molar-refractivity contribution in [3.05, 3.63) is 59.7 Å². The molecule has 7 nitrogen and oxygen atoms in total. The van der Waals surface area contributed by atoms with E-state index < -0.39 is 0 Å². The molecular weight excluding hydrogens is 292 g/mol. The van der Waals surface area contributed by atoms with Gasteiger partial charge in [-0.15, -0.1) is 5.10 Å². The molecule has 0 radical (unpaired) electrons. The quantitative estimate of drug-likeness (QED) is 0.583. The predicted octanol–water partition coefficient (Wildman–Crippen LogP) is 1.45. The maximum Gasteiger partial charge on any atom is 0.261 e. The van der Waals surface area contributed by atoms with Crippen LogP contribution in [0.3, 0.4) is 0 Å². The lowest BCUT2D eigenvalue weighted by Crippen LogP contribution is -2.23. The summed E-state index contributed by atoms with van der Waals surface area (Å²) in [6, 6.07) is 16.3. The van der Waals surface area contributed by atoms with E-state index in [0.29, 0.717) is 5.56 Å². The molecule has 3 rings (SSSR count). The summed E-state index contributed by atoms with van der Waals surface area (Å²) in [7, 11) is 0. The lowest BCUT2D eigenvalue weighted by molar-refractivity contribution is -0.121. The van der Waals surface area contributed by atoms with Gasteiger partial charge in [0, 0.05) is 0 Å². The highest BCUT2D eigenvalue weighted by Gasteiger charge is 2.07. The Labute approximate surface area is 131 Å². The number of nitriles is 1. The summed E-state index contributed by atoms with van der Waals surface area (Å²) in [5.74, 6) is -0.300. The van der Waals surface area contributed by atoms with E-state index in [4.69, 9.17) is 5.26 Å². The first-order valence-electron chi connectivity index (χ1n) is 6.86. The third-order valence-corrected chi connectivity index (χ3v) is 3.16. The average molecular weight is 304 g/mol. The SMILES string of the molecule is N#Cc1ccc(/C=N\NC(=O)Cn2nnc3ccccc32)cc1. The van der Waals surface area contributed by atoms with Crippen molar-refractivity contribution in [3.8, 4) is 6.07 Å². The molecule has 0 aliphatic heterocycles. The van der Waals surface area contributed by atoms with Gasteiger partial charge in [-0.25, -0.2) is 10.1 Å². The van der Waals surface area contributed by atoms with E-state index in [1.54, 1.807) is 24.3 Å². The van der Waals surface area contributed by atoms with Crippen LogP contribution in [0.1, 0.15) is 11.1 Å². The molecule has 0 saturated heterocycles. The van der Waals surface area contributed by atoms with Crippen molar-refractivity contribution in [1.82, 2.24) is 20.4 Å². The van der Waals surface area contributed by atoms with Gasteiger partial charge in [-0.1, -0.05) is 29.5 Å². The van der Waals surface area contributed by atoms with Crippen molar-refractivity contribution in [2.45, 2.75) is 6.54 Å². The third-order valence-electron chi connectivity index (χ3n) is 3.16. The highest BCUT2D eigenvalue weighted by atomic mass is 16.2. The Morgan fingerprint density at radius 2 is 2.04 bits per heavy atom. The average Bonchev–Trinajstić information content (AvgIpc) is 2.99. The second-order valence-electron chi connectivity index (χ2n) is 4.76. The number of nitrogens with one attached hydrogen (secondary N) is 1. The van der Waals surface area contributed by atoms with Gasteiger partial charge in [0.25, 0.3) is 5.91 Å². The van der Waals surface area contributed by atoms with Gasteiger partial charge in [0.1, 0.15) is 12.1 Å². The minimum atomic E-state index is -0.300. The third kappa shape index (κ3) is 3.39. The van der Waals surface area contributed by atoms with E-state index in [1.807, 2.05) is 30.3 Å². The molecule has 0 spiro atoms. The Hall–Kier alpha value is -3.53. The molecule has 0 aliphatic carbocycles. The van der Waals surface area contributed by atoms with Gasteiger partial charge in [-0.2, -0.15) is 10.4 Å². The molecule has 1 amide bonds. The summed E-state index contributed by atoms with van der Waals surface area (Å²) in [5, 5.41) is 20.5. The number of amides is 1. The Morgan fingerprint density at radius 3 is 2.83 bits per heavy atom. The molecule has 23 heavy (non-hydrogen) atoms. The van der Waals surface area contributed by atoms with Crippen LogP contribution in [-0.4, -0.2) is 27.1 Å². The second-order valence-corrected chi connectivity index (χ2v) is 4.76. The fraction of sp³-hybridized carbons (Fsp3) is 0.0625. The summed E-state index contributed by atoms with van der Waals surface area (Å²) in [6.07, 6.45) is 1.51. The Kier molecular flexibility index (Phi) is 4.07. The van der Waals surface area contributed by atoms with E-state index in [1.165, 1.54) is 10.9 Å². The van der Waals surface area contributed by atoms with Crippen LogP contribution in [-0.2, 0) is 11.3 Å². The molecular formula is C16H12N6O. The largest absolute Gasteiger partial charge is 0.271 e. The number of hydrogen-bond donors (Lipinski definition) is 1. The van der Waals surface area contributed by atoms with Crippen LogP contribution in [0.4, 0.5) is 0 Å². The molecule has 0 saturated carbocycles. The number of benzene rings is 2. The van der Waals surface area contributed by atoms with Crippen molar-refractivity contribution >= 4 is 23.2 Å². The lowest BCUT2D eigenvalue weighted by atomic mass is 10.2. The van der Waals surface area contributed by atoms with E-state index in [2.05, 4.69) is 20.8 Å². The number of carbonyl (C=O) groups is 1. The summed E-state index contributed by atoms with van der Waals surface area (Å²) >= 11 is 0. The summed E-state index contributed by atoms with van der Waals surface area (Å²) in [6.45, 7) is 0.0330. The number of hydrazone groups is 1. The number of carbonyl (C=O) groups excluding carboxylic acids is 1. The first-order valence-corrected chi connectivity index (χ1v) is 6.86. The van der Waals surface area contributed by atoms with Gasteiger partial charge >= 0.3 is 0 Å². The van der Waals surface area contributed by atoms with Crippen LogP contribution >= 0.6 is 0 Å². The van der Waals surface area contributed by atoms with Crippen molar-refractivity contribution in [1.29, 1.82) is 5.26 Å². The Bertz CT molecular complexity index is 904. The second kappa shape index (κ2) is 6.49. The molecule has 7 heteroatoms. The van der Waals surface area contributed by atoms with Gasteiger partial charge in [-0.3, -0.25) is 4.79 Å². The highest BCUT2D eigenvalue weighted by molar-refractivity contribution is 5.83. The van der Waals surface area contributed by atoms with Crippen molar-refractivity contribution in [2.75, 3.05) is 0 Å². The zero-order valence-corrected chi connectivity index (χ0v) is 12.0. The van der Waals surface area contributed by atoms with E-state index in [9.17, 15) is 4.79 Å². The van der Waals surface area contributed by atoms with E-state index >= 15 is 0 Å². The molecule has 1 heterocycles. The highest BCUT2D eigenvalue weighted by Crippen LogP contribution is 2.09. The number of rotatable bonds is 4. The van der Waals surface area contributed by atoms with E-state index in [0.717, 1.165) is 16.6 Å². The first kappa shape index (κ1) is 14.4. The first-order chi connectivity index (χ1) is 11.3. The molecule has 0 fully saturated rings. The van der Waals surface area contributed by atoms with Gasteiger partial charge < -0.3 is 0 Å². The molecule has 2 aromatic carbocycles. The smallest absolute Gasteiger partial charge is 0.261 e. The number of hydrogen-bond acceptors (Lipinski definition) is 5. The molecule has 0 bridgehead atoms. The van der Waals surface area contributed by atoms with Crippen LogP contribution in [0.5, 0.6) is 0 Å². The van der Waals surface area contributed by atoms with Gasteiger partial charge in [0.05, 0.1) is 23.4 Å². The fourth-order valence-electron chi connectivity index (χ4n) is 2.03. The molecule has 112 valence electrons. The van der Waals surface area contributed by atoms with Gasteiger partial charge in [0.2, 0.25) is 0 Å². The minimum Gasteiger partial charge on any atom is -0.271 e. The Morgan fingerprint density at radius 1 is 1.26 bits per heavy atom. The maximum atomic E-state index is 11.9. The molecule has 1 aromatic heterocycles. The maximum absolute atomic E-state index is 11.9. The minimum absolute atomic E-state index is 0.0330. The summed E-state index contributed by atoms with van der Waals surface area (Å²) in [4.78, 5) is 11.9. The van der Waals surface area contributed by atoms with Gasteiger partial charge in [0.15, 0.2) is 0 Å². The number of nitrogens with zero attached hydrogens (tertiary/aromatic N) is 5. The summed E-state index contributed by atoms with van der Waals surface area (Å²) in [5.41, 5.74) is 5.33. The molecule has 0 unspecified atom stereocenters. The fourth-order valence-corrected chi connectivity index (χ4v) is 2.03. The van der Waals surface area contributed by atoms with Crippen molar-refractivity contribution in [2.24, 2.45) is 5.10 Å². The topological polar surface area (TPSA) is 96.0 Å². The lowest BCUT2D eigenvalue weighted by Gasteiger charge is -2.01. The number of para-hydroxylation sites is 1. The van der Waals surface area contributed by atoms with Crippen molar-refractivity contribution < 1.29 is 4.79 Å². The molecule has 3 aromatic rings. The standard InChI is InChI=1S/C16H12N6O/c17-9-12-5-7-13(8-6-12)10-18-20-16(23)11-22-15-4-2-1-3-14(15)19-21-22/h1-8,10H,11H2,(H,20,23)/b18-10-. The monoisotopic (exact) mass is 304 g/mol. The van der Waals surface area contributed by atoms with E-state index in [-0.39, 0.29) is 12.5 Å².